The second-order valence-electron chi connectivity index (χ2n) is 5.11. The maximum absolute atomic E-state index is 11.9. The molecule has 1 aromatic carbocycles. The van der Waals surface area contributed by atoms with Gasteiger partial charge in [0.05, 0.1) is 14.2 Å². The zero-order valence-electron chi connectivity index (χ0n) is 12.9. The van der Waals surface area contributed by atoms with Crippen molar-refractivity contribution >= 4 is 6.03 Å². The molecular formula is C15H24N2O3. The van der Waals surface area contributed by atoms with Crippen LogP contribution < -0.4 is 14.8 Å². The summed E-state index contributed by atoms with van der Waals surface area (Å²) >= 11 is 0. The fourth-order valence-electron chi connectivity index (χ4n) is 1.93. The number of ether oxygens (including phenoxy) is 2. The van der Waals surface area contributed by atoms with Crippen molar-refractivity contribution in [1.29, 1.82) is 0 Å². The van der Waals surface area contributed by atoms with Gasteiger partial charge in [-0.25, -0.2) is 4.79 Å². The zero-order chi connectivity index (χ0) is 15.1. The molecule has 20 heavy (non-hydrogen) atoms. The average molecular weight is 280 g/mol. The number of carbonyl (C=O) groups is 1. The van der Waals surface area contributed by atoms with Gasteiger partial charge in [0, 0.05) is 31.8 Å². The van der Waals surface area contributed by atoms with E-state index in [0.717, 1.165) is 17.9 Å². The second-order valence-corrected chi connectivity index (χ2v) is 5.11. The van der Waals surface area contributed by atoms with Crippen molar-refractivity contribution in [2.45, 2.75) is 20.4 Å². The van der Waals surface area contributed by atoms with Gasteiger partial charge in [-0.15, -0.1) is 0 Å². The van der Waals surface area contributed by atoms with Gasteiger partial charge in [0.15, 0.2) is 0 Å². The highest BCUT2D eigenvalue weighted by Gasteiger charge is 2.11. The lowest BCUT2D eigenvalue weighted by atomic mass is 10.2. The fraction of sp³-hybridized carbons (Fsp3) is 0.533. The highest BCUT2D eigenvalue weighted by atomic mass is 16.5. The first kappa shape index (κ1) is 16.1. The van der Waals surface area contributed by atoms with Gasteiger partial charge in [0.2, 0.25) is 0 Å². The highest BCUT2D eigenvalue weighted by Crippen LogP contribution is 2.24. The van der Waals surface area contributed by atoms with Crippen LogP contribution in [0.5, 0.6) is 11.5 Å². The molecule has 0 radical (unpaired) electrons. The molecule has 1 rings (SSSR count). The van der Waals surface area contributed by atoms with Gasteiger partial charge in [-0.3, -0.25) is 0 Å². The molecular weight excluding hydrogens is 256 g/mol. The summed E-state index contributed by atoms with van der Waals surface area (Å²) in [7, 11) is 5.00. The van der Waals surface area contributed by atoms with Crippen molar-refractivity contribution in [3.8, 4) is 11.5 Å². The number of carbonyl (C=O) groups excluding carboxylic acids is 1. The summed E-state index contributed by atoms with van der Waals surface area (Å²) in [5.41, 5.74) is 0.916. The van der Waals surface area contributed by atoms with Crippen molar-refractivity contribution in [1.82, 2.24) is 10.2 Å². The van der Waals surface area contributed by atoms with E-state index in [2.05, 4.69) is 19.2 Å². The van der Waals surface area contributed by atoms with Gasteiger partial charge in [-0.1, -0.05) is 13.8 Å². The maximum Gasteiger partial charge on any atom is 0.317 e. The minimum atomic E-state index is -0.0865. The average Bonchev–Trinajstić information content (AvgIpc) is 2.43. The molecule has 0 spiro atoms. The molecule has 112 valence electrons. The summed E-state index contributed by atoms with van der Waals surface area (Å²) in [4.78, 5) is 13.6. The third-order valence-corrected chi connectivity index (χ3v) is 2.91. The third kappa shape index (κ3) is 4.64. The molecule has 0 atom stereocenters. The predicted molar refractivity (Wildman–Crippen MR) is 79.2 cm³/mol. The van der Waals surface area contributed by atoms with Crippen molar-refractivity contribution in [3.05, 3.63) is 23.8 Å². The van der Waals surface area contributed by atoms with Crippen LogP contribution >= 0.6 is 0 Å². The van der Waals surface area contributed by atoms with Gasteiger partial charge >= 0.3 is 6.03 Å². The molecule has 1 N–H and O–H groups in total. The van der Waals surface area contributed by atoms with E-state index in [9.17, 15) is 4.79 Å². The quantitative estimate of drug-likeness (QED) is 0.871. The van der Waals surface area contributed by atoms with E-state index in [-0.39, 0.29) is 6.03 Å². The molecule has 0 unspecified atom stereocenters. The van der Waals surface area contributed by atoms with E-state index in [0.29, 0.717) is 18.2 Å². The second kappa shape index (κ2) is 7.62. The minimum absolute atomic E-state index is 0.0865. The molecule has 0 aliphatic rings. The van der Waals surface area contributed by atoms with Crippen LogP contribution in [0.3, 0.4) is 0 Å². The number of benzene rings is 1. The smallest absolute Gasteiger partial charge is 0.317 e. The molecule has 5 nitrogen and oxygen atoms in total. The molecule has 5 heteroatoms. The standard InChI is InChI=1S/C15H24N2O3/c1-11(2)10-17(3)15(18)16-9-12-6-7-13(19-4)8-14(12)20-5/h6-8,11H,9-10H2,1-5H3,(H,16,18). The number of nitrogens with zero attached hydrogens (tertiary/aromatic N) is 1. The SMILES string of the molecule is COc1ccc(CNC(=O)N(C)CC(C)C)c(OC)c1. The van der Waals surface area contributed by atoms with Crippen LogP contribution in [-0.2, 0) is 6.54 Å². The minimum Gasteiger partial charge on any atom is -0.497 e. The van der Waals surface area contributed by atoms with Crippen LogP contribution in [-0.4, -0.2) is 38.7 Å². The largest absolute Gasteiger partial charge is 0.497 e. The molecule has 0 aliphatic heterocycles. The first-order valence-electron chi connectivity index (χ1n) is 6.67. The van der Waals surface area contributed by atoms with Crippen molar-refractivity contribution < 1.29 is 14.3 Å². The molecule has 2 amide bonds. The van der Waals surface area contributed by atoms with Crippen LogP contribution in [0.25, 0.3) is 0 Å². The number of methoxy groups -OCH3 is 2. The lowest BCUT2D eigenvalue weighted by Crippen LogP contribution is -2.38. The topological polar surface area (TPSA) is 50.8 Å². The van der Waals surface area contributed by atoms with E-state index in [1.807, 2.05) is 12.1 Å². The third-order valence-electron chi connectivity index (χ3n) is 2.91. The Kier molecular flexibility index (Phi) is 6.15. The highest BCUT2D eigenvalue weighted by molar-refractivity contribution is 5.73. The van der Waals surface area contributed by atoms with Crippen LogP contribution in [0.1, 0.15) is 19.4 Å². The number of urea groups is 1. The molecule has 0 bridgehead atoms. The number of hydrogen-bond donors (Lipinski definition) is 1. The summed E-state index contributed by atoms with van der Waals surface area (Å²) < 4.78 is 10.4. The fourth-order valence-corrected chi connectivity index (χ4v) is 1.93. The van der Waals surface area contributed by atoms with E-state index < -0.39 is 0 Å². The Morgan fingerprint density at radius 1 is 1.30 bits per heavy atom. The van der Waals surface area contributed by atoms with Crippen molar-refractivity contribution in [3.63, 3.8) is 0 Å². The molecule has 0 saturated heterocycles. The van der Waals surface area contributed by atoms with E-state index in [4.69, 9.17) is 9.47 Å². The molecule has 1 aromatic rings. The Hall–Kier alpha value is -1.91. The van der Waals surface area contributed by atoms with Gasteiger partial charge in [0.25, 0.3) is 0 Å². The molecule has 0 fully saturated rings. The summed E-state index contributed by atoms with van der Waals surface area (Å²) in [6, 6.07) is 5.46. The van der Waals surface area contributed by atoms with E-state index in [1.165, 1.54) is 0 Å². The van der Waals surface area contributed by atoms with Crippen LogP contribution in [0.4, 0.5) is 4.79 Å². The van der Waals surface area contributed by atoms with Gasteiger partial charge in [0.1, 0.15) is 11.5 Å². The summed E-state index contributed by atoms with van der Waals surface area (Å²) in [6.07, 6.45) is 0. The lowest BCUT2D eigenvalue weighted by Gasteiger charge is -2.20. The monoisotopic (exact) mass is 280 g/mol. The maximum atomic E-state index is 11.9. The van der Waals surface area contributed by atoms with Crippen molar-refractivity contribution in [2.75, 3.05) is 27.8 Å². The number of amides is 2. The normalized spacial score (nSPS) is 10.3. The van der Waals surface area contributed by atoms with Gasteiger partial charge < -0.3 is 19.7 Å². The van der Waals surface area contributed by atoms with Crippen molar-refractivity contribution in [2.24, 2.45) is 5.92 Å². The van der Waals surface area contributed by atoms with Crippen LogP contribution in [0.15, 0.2) is 18.2 Å². The van der Waals surface area contributed by atoms with E-state index >= 15 is 0 Å². The van der Waals surface area contributed by atoms with Gasteiger partial charge in [-0.2, -0.15) is 0 Å². The molecule has 0 aliphatic carbocycles. The number of nitrogens with one attached hydrogen (secondary N) is 1. The van der Waals surface area contributed by atoms with Crippen LogP contribution in [0, 0.1) is 5.92 Å². The van der Waals surface area contributed by atoms with Crippen LogP contribution in [0.2, 0.25) is 0 Å². The van der Waals surface area contributed by atoms with Gasteiger partial charge in [-0.05, 0) is 18.1 Å². The Balaban J connectivity index is 2.63. The number of hydrogen-bond acceptors (Lipinski definition) is 3. The summed E-state index contributed by atoms with van der Waals surface area (Å²) in [5, 5.41) is 2.88. The Morgan fingerprint density at radius 2 is 2.00 bits per heavy atom. The summed E-state index contributed by atoms with van der Waals surface area (Å²) in [6.45, 7) is 5.31. The van der Waals surface area contributed by atoms with E-state index in [1.54, 1.807) is 32.2 Å². The Labute approximate surface area is 120 Å². The molecule has 0 aromatic heterocycles. The molecule has 0 saturated carbocycles. The number of rotatable bonds is 6. The lowest BCUT2D eigenvalue weighted by molar-refractivity contribution is 0.203. The first-order valence-corrected chi connectivity index (χ1v) is 6.67. The first-order chi connectivity index (χ1) is 9.47. The molecule has 0 heterocycles. The zero-order valence-corrected chi connectivity index (χ0v) is 12.9. The Bertz CT molecular complexity index is 447. The Morgan fingerprint density at radius 3 is 2.55 bits per heavy atom. The summed E-state index contributed by atoms with van der Waals surface area (Å²) in [5.74, 6) is 1.88. The predicted octanol–water partition coefficient (Wildman–Crippen LogP) is 2.50.